The number of allylic oxidation sites excluding steroid dienone is 6. The Balaban J connectivity index is 4.30. The van der Waals surface area contributed by atoms with Gasteiger partial charge in [0.1, 0.15) is 13.2 Å². The molecule has 0 aromatic rings. The van der Waals surface area contributed by atoms with Crippen LogP contribution in [-0.4, -0.2) is 37.2 Å². The van der Waals surface area contributed by atoms with Crippen LogP contribution in [0.3, 0.4) is 0 Å². The van der Waals surface area contributed by atoms with E-state index in [9.17, 15) is 14.4 Å². The van der Waals surface area contributed by atoms with Crippen molar-refractivity contribution >= 4 is 17.9 Å². The average molecular weight is 970 g/mol. The zero-order valence-electron chi connectivity index (χ0n) is 46.3. The predicted molar refractivity (Wildman–Crippen MR) is 298 cm³/mol. The Hall–Kier alpha value is -2.37. The summed E-state index contributed by atoms with van der Waals surface area (Å²) in [6.45, 7) is 6.57. The summed E-state index contributed by atoms with van der Waals surface area (Å²) < 4.78 is 16.9. The molecule has 6 nitrogen and oxygen atoms in total. The van der Waals surface area contributed by atoms with E-state index in [2.05, 4.69) is 57.2 Å². The van der Waals surface area contributed by atoms with E-state index in [-0.39, 0.29) is 31.1 Å². The smallest absolute Gasteiger partial charge is 0.306 e. The lowest BCUT2D eigenvalue weighted by molar-refractivity contribution is -0.167. The molecular weight excluding hydrogens is 853 g/mol. The van der Waals surface area contributed by atoms with Gasteiger partial charge in [0, 0.05) is 19.3 Å². The summed E-state index contributed by atoms with van der Waals surface area (Å²) >= 11 is 0. The van der Waals surface area contributed by atoms with Gasteiger partial charge in [-0.15, -0.1) is 0 Å². The van der Waals surface area contributed by atoms with Crippen molar-refractivity contribution in [3.05, 3.63) is 36.5 Å². The molecule has 404 valence electrons. The fourth-order valence-corrected chi connectivity index (χ4v) is 9.11. The summed E-state index contributed by atoms with van der Waals surface area (Å²) in [4.78, 5) is 38.2. The molecule has 6 heteroatoms. The molecule has 0 N–H and O–H groups in total. The minimum Gasteiger partial charge on any atom is -0.462 e. The Morgan fingerprint density at radius 1 is 0.304 bits per heavy atom. The quantitative estimate of drug-likeness (QED) is 0.0261. The molecule has 69 heavy (non-hydrogen) atoms. The van der Waals surface area contributed by atoms with Crippen LogP contribution in [-0.2, 0) is 28.6 Å². The second-order valence-corrected chi connectivity index (χ2v) is 20.6. The molecule has 0 saturated carbocycles. The van der Waals surface area contributed by atoms with E-state index in [0.717, 1.165) is 96.3 Å². The van der Waals surface area contributed by atoms with Gasteiger partial charge in [-0.2, -0.15) is 0 Å². The van der Waals surface area contributed by atoms with Gasteiger partial charge in [-0.3, -0.25) is 14.4 Å². The Morgan fingerprint density at radius 2 is 0.565 bits per heavy atom. The van der Waals surface area contributed by atoms with Gasteiger partial charge < -0.3 is 14.2 Å². The zero-order chi connectivity index (χ0) is 50.0. The maximum Gasteiger partial charge on any atom is 0.306 e. The Bertz CT molecular complexity index is 1160. The number of hydrogen-bond donors (Lipinski definition) is 0. The highest BCUT2D eigenvalue weighted by Crippen LogP contribution is 2.18. The number of ether oxygens (including phenoxy) is 3. The lowest BCUT2D eigenvalue weighted by Crippen LogP contribution is -2.30. The summed E-state index contributed by atoms with van der Waals surface area (Å²) in [5.74, 6) is -0.869. The molecule has 0 aromatic heterocycles. The van der Waals surface area contributed by atoms with Crippen molar-refractivity contribution in [2.75, 3.05) is 13.2 Å². The summed E-state index contributed by atoms with van der Waals surface area (Å²) in [6.07, 6.45) is 70.0. The van der Waals surface area contributed by atoms with Gasteiger partial charge >= 0.3 is 17.9 Å². The lowest BCUT2D eigenvalue weighted by Gasteiger charge is -2.18. The second kappa shape index (κ2) is 58.2. The molecule has 0 spiro atoms. The maximum absolute atomic E-state index is 12.9. The molecule has 0 fully saturated rings. The number of carbonyl (C=O) groups excluding carboxylic acids is 3. The summed E-state index contributed by atoms with van der Waals surface area (Å²) in [5.41, 5.74) is 0. The van der Waals surface area contributed by atoms with Gasteiger partial charge in [-0.1, -0.05) is 295 Å². The molecule has 0 bridgehead atoms. The van der Waals surface area contributed by atoms with E-state index in [1.165, 1.54) is 193 Å². The van der Waals surface area contributed by atoms with Crippen molar-refractivity contribution in [3.63, 3.8) is 0 Å². The molecule has 1 atom stereocenters. The van der Waals surface area contributed by atoms with Crippen LogP contribution >= 0.6 is 0 Å². The standard InChI is InChI=1S/C63H116O6/c1-4-7-10-13-16-19-22-25-28-29-30-31-32-33-36-38-41-44-47-50-53-56-62(65)68-59-60(69-63(66)57-54-51-48-45-42-39-35-27-24-21-18-15-12-9-6-3)58-67-61(64)55-52-49-46-43-40-37-34-26-23-20-17-14-11-8-5-2/h9,12,18,21,27,35,60H,4-8,10-11,13-17,19-20,22-26,28-34,36-59H2,1-3H3/b12-9-,21-18-,35-27-. The lowest BCUT2D eigenvalue weighted by atomic mass is 10.0. The zero-order valence-corrected chi connectivity index (χ0v) is 46.3. The van der Waals surface area contributed by atoms with Crippen LogP contribution in [0.5, 0.6) is 0 Å². The SMILES string of the molecule is CC/C=C\C/C=C\C/C=C\CCCCCCCC(=O)OC(COC(=O)CCCCCCCCCCCCCCCCC)COC(=O)CCCCCCCCCCCCCCCCCCCCCCC. The first-order valence-corrected chi connectivity index (χ1v) is 30.5. The first-order chi connectivity index (χ1) is 34.0. The predicted octanol–water partition coefficient (Wildman–Crippen LogP) is 20.4. The highest BCUT2D eigenvalue weighted by atomic mass is 16.6. The molecule has 0 rings (SSSR count). The van der Waals surface area contributed by atoms with Gasteiger partial charge in [-0.05, 0) is 51.4 Å². The molecule has 0 aliphatic carbocycles. The van der Waals surface area contributed by atoms with Gasteiger partial charge in [0.25, 0.3) is 0 Å². The summed E-state index contributed by atoms with van der Waals surface area (Å²) in [5, 5.41) is 0. The Labute approximate surface area is 429 Å². The molecule has 0 heterocycles. The van der Waals surface area contributed by atoms with Gasteiger partial charge in [0.15, 0.2) is 6.10 Å². The number of rotatable bonds is 56. The first-order valence-electron chi connectivity index (χ1n) is 30.5. The third-order valence-corrected chi connectivity index (χ3v) is 13.7. The molecule has 0 aromatic carbocycles. The van der Waals surface area contributed by atoms with Crippen LogP contribution in [0.25, 0.3) is 0 Å². The van der Waals surface area contributed by atoms with Crippen molar-refractivity contribution < 1.29 is 28.6 Å². The van der Waals surface area contributed by atoms with E-state index >= 15 is 0 Å². The minimum absolute atomic E-state index is 0.0741. The normalized spacial score (nSPS) is 12.2. The third-order valence-electron chi connectivity index (χ3n) is 13.7. The van der Waals surface area contributed by atoms with Crippen molar-refractivity contribution in [1.29, 1.82) is 0 Å². The van der Waals surface area contributed by atoms with Crippen LogP contribution in [0.4, 0.5) is 0 Å². The highest BCUT2D eigenvalue weighted by molar-refractivity contribution is 5.71. The minimum atomic E-state index is -0.777. The summed E-state index contributed by atoms with van der Waals surface area (Å²) in [6, 6.07) is 0. The number of unbranched alkanes of at least 4 members (excludes halogenated alkanes) is 39. The molecule has 0 amide bonds. The monoisotopic (exact) mass is 969 g/mol. The van der Waals surface area contributed by atoms with Crippen LogP contribution in [0.1, 0.15) is 329 Å². The van der Waals surface area contributed by atoms with Gasteiger partial charge in [-0.25, -0.2) is 0 Å². The molecule has 1 unspecified atom stereocenters. The second-order valence-electron chi connectivity index (χ2n) is 20.6. The number of hydrogen-bond acceptors (Lipinski definition) is 6. The fraction of sp³-hybridized carbons (Fsp3) is 0.857. The van der Waals surface area contributed by atoms with Crippen molar-refractivity contribution in [2.24, 2.45) is 0 Å². The van der Waals surface area contributed by atoms with Gasteiger partial charge in [0.05, 0.1) is 0 Å². The third kappa shape index (κ3) is 56.4. The van der Waals surface area contributed by atoms with E-state index in [1.54, 1.807) is 0 Å². The number of esters is 3. The summed E-state index contributed by atoms with van der Waals surface area (Å²) in [7, 11) is 0. The van der Waals surface area contributed by atoms with Crippen LogP contribution in [0, 0.1) is 0 Å². The Kier molecular flexibility index (Phi) is 56.2. The largest absolute Gasteiger partial charge is 0.462 e. The van der Waals surface area contributed by atoms with Crippen LogP contribution in [0.15, 0.2) is 36.5 Å². The maximum atomic E-state index is 12.9. The van der Waals surface area contributed by atoms with Crippen LogP contribution in [0.2, 0.25) is 0 Å². The highest BCUT2D eigenvalue weighted by Gasteiger charge is 2.19. The van der Waals surface area contributed by atoms with E-state index in [0.29, 0.717) is 19.3 Å². The topological polar surface area (TPSA) is 78.9 Å². The van der Waals surface area contributed by atoms with E-state index in [4.69, 9.17) is 14.2 Å². The molecule has 0 radical (unpaired) electrons. The van der Waals surface area contributed by atoms with Crippen molar-refractivity contribution in [3.8, 4) is 0 Å². The van der Waals surface area contributed by atoms with E-state index in [1.807, 2.05) is 0 Å². The van der Waals surface area contributed by atoms with Crippen LogP contribution < -0.4 is 0 Å². The molecule has 0 aliphatic heterocycles. The molecule has 0 aliphatic rings. The molecule has 0 saturated heterocycles. The fourth-order valence-electron chi connectivity index (χ4n) is 9.11. The van der Waals surface area contributed by atoms with Crippen molar-refractivity contribution in [2.45, 2.75) is 335 Å². The first kappa shape index (κ1) is 66.6. The van der Waals surface area contributed by atoms with Gasteiger partial charge in [0.2, 0.25) is 0 Å². The molecular formula is C63H116O6. The Morgan fingerprint density at radius 3 is 0.884 bits per heavy atom. The number of carbonyl (C=O) groups is 3. The van der Waals surface area contributed by atoms with E-state index < -0.39 is 6.10 Å². The van der Waals surface area contributed by atoms with Crippen molar-refractivity contribution in [1.82, 2.24) is 0 Å². The average Bonchev–Trinajstić information content (AvgIpc) is 3.35.